The molecule has 160 valence electrons. The van der Waals surface area contributed by atoms with Gasteiger partial charge in [0.15, 0.2) is 17.4 Å². The molecule has 0 spiro atoms. The first-order valence-corrected chi connectivity index (χ1v) is 10.2. The second-order valence-corrected chi connectivity index (χ2v) is 7.15. The Labute approximate surface area is 199 Å². The van der Waals surface area contributed by atoms with Crippen LogP contribution in [0.3, 0.4) is 0 Å². The molecular weight excluding hydrogens is 499 g/mol. The van der Waals surface area contributed by atoms with Crippen molar-refractivity contribution in [1.82, 2.24) is 25.2 Å². The highest BCUT2D eigenvalue weighted by Crippen LogP contribution is 2.20. The number of pyridine rings is 1. The Kier molecular flexibility index (Phi) is 8.40. The van der Waals surface area contributed by atoms with E-state index in [2.05, 4.69) is 86.5 Å². The van der Waals surface area contributed by atoms with Crippen LogP contribution in [-0.2, 0) is 13.0 Å². The summed E-state index contributed by atoms with van der Waals surface area (Å²) in [4.78, 5) is 4.38. The van der Waals surface area contributed by atoms with Gasteiger partial charge in [0.25, 0.3) is 0 Å². The van der Waals surface area contributed by atoms with Crippen molar-refractivity contribution in [3.63, 3.8) is 0 Å². The van der Waals surface area contributed by atoms with Gasteiger partial charge in [0.1, 0.15) is 0 Å². The van der Waals surface area contributed by atoms with Crippen LogP contribution in [0.25, 0.3) is 5.65 Å². The Bertz CT molecular complexity index is 1090. The number of nitrogens with zero attached hydrogens (tertiary/aromatic N) is 4. The molecule has 0 amide bonds. The maximum atomic E-state index is 4.38. The van der Waals surface area contributed by atoms with Crippen LogP contribution in [0.4, 0.5) is 0 Å². The summed E-state index contributed by atoms with van der Waals surface area (Å²) in [5.74, 6) is 1.93. The van der Waals surface area contributed by atoms with Crippen LogP contribution >= 0.6 is 24.0 Å². The molecule has 2 aromatic carbocycles. The number of halogens is 1. The Morgan fingerprint density at radius 1 is 0.903 bits per heavy atom. The van der Waals surface area contributed by atoms with E-state index in [0.29, 0.717) is 12.5 Å². The van der Waals surface area contributed by atoms with Gasteiger partial charge in [-0.15, -0.1) is 34.2 Å². The molecule has 0 aliphatic carbocycles. The van der Waals surface area contributed by atoms with E-state index in [0.717, 1.165) is 30.4 Å². The molecule has 7 heteroatoms. The Balaban J connectivity index is 0.00000272. The van der Waals surface area contributed by atoms with Crippen LogP contribution in [0.15, 0.2) is 90.1 Å². The summed E-state index contributed by atoms with van der Waals surface area (Å²) in [7, 11) is 1.78. The van der Waals surface area contributed by atoms with E-state index in [1.54, 1.807) is 7.05 Å². The van der Waals surface area contributed by atoms with E-state index >= 15 is 0 Å². The van der Waals surface area contributed by atoms with Crippen molar-refractivity contribution in [1.29, 1.82) is 0 Å². The topological polar surface area (TPSA) is 66.6 Å². The molecule has 0 aliphatic heterocycles. The maximum Gasteiger partial charge on any atom is 0.191 e. The number of hydrogen-bond donors (Lipinski definition) is 2. The molecule has 0 aliphatic rings. The summed E-state index contributed by atoms with van der Waals surface area (Å²) in [5.41, 5.74) is 3.48. The van der Waals surface area contributed by atoms with Crippen molar-refractivity contribution in [3.8, 4) is 0 Å². The normalized spacial score (nSPS) is 12.2. The molecule has 0 saturated heterocycles. The first-order chi connectivity index (χ1) is 14.8. The number of rotatable bonds is 7. The average Bonchev–Trinajstić information content (AvgIpc) is 3.23. The van der Waals surface area contributed by atoms with Crippen LogP contribution in [0.5, 0.6) is 0 Å². The number of nitrogens with one attached hydrogen (secondary N) is 2. The zero-order chi connectivity index (χ0) is 20.6. The minimum Gasteiger partial charge on any atom is -0.356 e. The number of hydrogen-bond acceptors (Lipinski definition) is 3. The number of fused-ring (bicyclic) bond motifs is 1. The molecule has 0 bridgehead atoms. The fourth-order valence-electron chi connectivity index (χ4n) is 3.55. The van der Waals surface area contributed by atoms with Gasteiger partial charge >= 0.3 is 0 Å². The van der Waals surface area contributed by atoms with Gasteiger partial charge in [-0.3, -0.25) is 9.39 Å². The number of benzene rings is 2. The standard InChI is InChI=1S/C24H26N6.HI/c1-25-24(27-18-23-29-28-22-14-8-9-15-30(22)23)26-17-21(20-12-6-3-7-13-20)16-19-10-4-2-5-11-19;/h2-15,21H,16-18H2,1H3,(H2,25,26,27);1H. The van der Waals surface area contributed by atoms with Gasteiger partial charge in [0.05, 0.1) is 6.54 Å². The summed E-state index contributed by atoms with van der Waals surface area (Å²) >= 11 is 0. The molecule has 6 nitrogen and oxygen atoms in total. The Morgan fingerprint density at radius 2 is 1.61 bits per heavy atom. The number of guanidine groups is 1. The SMILES string of the molecule is CN=C(NCc1nnc2ccccn12)NCC(Cc1ccccc1)c1ccccc1.I. The highest BCUT2D eigenvalue weighted by Gasteiger charge is 2.13. The van der Waals surface area contributed by atoms with Gasteiger partial charge in [0, 0.05) is 25.7 Å². The zero-order valence-electron chi connectivity index (χ0n) is 17.5. The Hall–Kier alpha value is -2.94. The van der Waals surface area contributed by atoms with Crippen molar-refractivity contribution in [2.45, 2.75) is 18.9 Å². The summed E-state index contributed by atoms with van der Waals surface area (Å²) in [6, 6.07) is 27.1. The highest BCUT2D eigenvalue weighted by atomic mass is 127. The van der Waals surface area contributed by atoms with Crippen molar-refractivity contribution in [3.05, 3.63) is 102 Å². The molecule has 1 unspecified atom stereocenters. The van der Waals surface area contributed by atoms with Crippen molar-refractivity contribution in [2.75, 3.05) is 13.6 Å². The predicted molar refractivity (Wildman–Crippen MR) is 136 cm³/mol. The molecule has 0 saturated carbocycles. The lowest BCUT2D eigenvalue weighted by molar-refractivity contribution is 0.642. The summed E-state index contributed by atoms with van der Waals surface area (Å²) in [5, 5.41) is 15.3. The molecule has 2 N–H and O–H groups in total. The van der Waals surface area contributed by atoms with E-state index in [4.69, 9.17) is 0 Å². The molecular formula is C24H27IN6. The molecule has 2 heterocycles. The van der Waals surface area contributed by atoms with Gasteiger partial charge in [-0.1, -0.05) is 66.7 Å². The quantitative estimate of drug-likeness (QED) is 0.217. The fraction of sp³-hybridized carbons (Fsp3) is 0.208. The van der Waals surface area contributed by atoms with Crippen molar-refractivity contribution < 1.29 is 0 Å². The second-order valence-electron chi connectivity index (χ2n) is 7.15. The van der Waals surface area contributed by atoms with E-state index in [1.165, 1.54) is 11.1 Å². The van der Waals surface area contributed by atoms with Crippen LogP contribution in [0.2, 0.25) is 0 Å². The van der Waals surface area contributed by atoms with Crippen molar-refractivity contribution in [2.24, 2.45) is 4.99 Å². The number of aromatic nitrogens is 3. The van der Waals surface area contributed by atoms with Crippen molar-refractivity contribution >= 4 is 35.6 Å². The van der Waals surface area contributed by atoms with E-state index in [9.17, 15) is 0 Å². The molecule has 31 heavy (non-hydrogen) atoms. The van der Waals surface area contributed by atoms with E-state index in [-0.39, 0.29) is 24.0 Å². The number of aliphatic imine (C=N–C) groups is 1. The zero-order valence-corrected chi connectivity index (χ0v) is 19.8. The maximum absolute atomic E-state index is 4.38. The van der Waals surface area contributed by atoms with Gasteiger partial charge in [-0.2, -0.15) is 0 Å². The molecule has 2 aromatic heterocycles. The average molecular weight is 526 g/mol. The lowest BCUT2D eigenvalue weighted by Gasteiger charge is -2.20. The summed E-state index contributed by atoms with van der Waals surface area (Å²) in [6.07, 6.45) is 2.93. The first-order valence-electron chi connectivity index (χ1n) is 10.2. The van der Waals surface area contributed by atoms with Gasteiger partial charge < -0.3 is 10.6 Å². The predicted octanol–water partition coefficient (Wildman–Crippen LogP) is 4.04. The van der Waals surface area contributed by atoms with Gasteiger partial charge in [-0.05, 0) is 29.7 Å². The lowest BCUT2D eigenvalue weighted by Crippen LogP contribution is -2.39. The van der Waals surface area contributed by atoms with Gasteiger partial charge in [0.2, 0.25) is 0 Å². The monoisotopic (exact) mass is 526 g/mol. The third-order valence-electron chi connectivity index (χ3n) is 5.13. The van der Waals surface area contributed by atoms with Crippen LogP contribution in [-0.4, -0.2) is 34.2 Å². The van der Waals surface area contributed by atoms with Crippen LogP contribution < -0.4 is 10.6 Å². The second kappa shape index (κ2) is 11.5. The molecule has 0 radical (unpaired) electrons. The molecule has 4 aromatic rings. The molecule has 1 atom stereocenters. The third-order valence-corrected chi connectivity index (χ3v) is 5.13. The summed E-state index contributed by atoms with van der Waals surface area (Å²) in [6.45, 7) is 1.32. The van der Waals surface area contributed by atoms with E-state index in [1.807, 2.05) is 28.8 Å². The minimum atomic E-state index is 0. The molecule has 4 rings (SSSR count). The first kappa shape index (κ1) is 22.7. The van der Waals surface area contributed by atoms with Crippen LogP contribution in [0.1, 0.15) is 22.9 Å². The minimum absolute atomic E-state index is 0. The third kappa shape index (κ3) is 6.04. The fourth-order valence-corrected chi connectivity index (χ4v) is 3.55. The summed E-state index contributed by atoms with van der Waals surface area (Å²) < 4.78 is 1.97. The highest BCUT2D eigenvalue weighted by molar-refractivity contribution is 14.0. The van der Waals surface area contributed by atoms with Crippen LogP contribution in [0, 0.1) is 0 Å². The lowest BCUT2D eigenvalue weighted by atomic mass is 9.92. The molecule has 0 fully saturated rings. The van der Waals surface area contributed by atoms with E-state index < -0.39 is 0 Å². The smallest absolute Gasteiger partial charge is 0.191 e. The Morgan fingerprint density at radius 3 is 2.35 bits per heavy atom. The largest absolute Gasteiger partial charge is 0.356 e. The van der Waals surface area contributed by atoms with Gasteiger partial charge in [-0.25, -0.2) is 0 Å².